The first-order chi connectivity index (χ1) is 9.86. The third-order valence-corrected chi connectivity index (χ3v) is 3.82. The van der Waals surface area contributed by atoms with Crippen LogP contribution in [0.3, 0.4) is 0 Å². The Morgan fingerprint density at radius 2 is 1.95 bits per heavy atom. The number of benzene rings is 2. The van der Waals surface area contributed by atoms with Gasteiger partial charge in [0.1, 0.15) is 0 Å². The summed E-state index contributed by atoms with van der Waals surface area (Å²) >= 11 is 0. The summed E-state index contributed by atoms with van der Waals surface area (Å²) < 4.78 is 0. The number of fused-ring (bicyclic) bond motifs is 1. The molecule has 0 saturated carbocycles. The number of nitrogens with one attached hydrogen (secondary N) is 2. The van der Waals surface area contributed by atoms with E-state index in [0.29, 0.717) is 0 Å². The summed E-state index contributed by atoms with van der Waals surface area (Å²) in [4.78, 5) is 2.44. The van der Waals surface area contributed by atoms with Gasteiger partial charge in [-0.25, -0.2) is 5.43 Å². The lowest BCUT2D eigenvalue weighted by Crippen LogP contribution is -2.21. The van der Waals surface area contributed by atoms with Gasteiger partial charge in [0.15, 0.2) is 0 Å². The minimum Gasteiger partial charge on any atom is -0.371 e. The van der Waals surface area contributed by atoms with Crippen molar-refractivity contribution in [2.75, 3.05) is 23.4 Å². The second kappa shape index (κ2) is 5.97. The minimum atomic E-state index is 0.828. The van der Waals surface area contributed by atoms with Crippen LogP contribution in [-0.2, 0) is 13.0 Å². The molecular formula is C17H21N3. The Kier molecular flexibility index (Phi) is 3.88. The molecule has 1 aliphatic rings. The van der Waals surface area contributed by atoms with Crippen LogP contribution in [0.2, 0.25) is 0 Å². The van der Waals surface area contributed by atoms with Crippen LogP contribution in [0.5, 0.6) is 0 Å². The van der Waals surface area contributed by atoms with Gasteiger partial charge in [0.25, 0.3) is 0 Å². The molecule has 0 aliphatic carbocycles. The van der Waals surface area contributed by atoms with Crippen LogP contribution in [0, 0.1) is 0 Å². The zero-order valence-corrected chi connectivity index (χ0v) is 11.9. The first-order valence-electron chi connectivity index (χ1n) is 7.27. The van der Waals surface area contributed by atoms with Gasteiger partial charge in [-0.3, -0.25) is 0 Å². The van der Waals surface area contributed by atoms with Crippen molar-refractivity contribution in [3.8, 4) is 0 Å². The molecule has 2 aromatic rings. The maximum atomic E-state index is 3.27. The van der Waals surface area contributed by atoms with E-state index < -0.39 is 0 Å². The molecule has 0 saturated heterocycles. The second-order valence-corrected chi connectivity index (χ2v) is 5.14. The van der Waals surface area contributed by atoms with Gasteiger partial charge in [-0.2, -0.15) is 0 Å². The summed E-state index contributed by atoms with van der Waals surface area (Å²) in [7, 11) is 0. The van der Waals surface area contributed by atoms with E-state index in [1.807, 2.05) is 18.2 Å². The monoisotopic (exact) mass is 267 g/mol. The summed E-state index contributed by atoms with van der Waals surface area (Å²) in [5.41, 5.74) is 11.8. The van der Waals surface area contributed by atoms with Crippen molar-refractivity contribution in [3.05, 3.63) is 59.7 Å². The summed E-state index contributed by atoms with van der Waals surface area (Å²) in [5, 5.41) is 0. The fourth-order valence-electron chi connectivity index (χ4n) is 2.73. The number of para-hydroxylation sites is 1. The highest BCUT2D eigenvalue weighted by atomic mass is 15.3. The van der Waals surface area contributed by atoms with Crippen molar-refractivity contribution in [1.29, 1.82) is 0 Å². The largest absolute Gasteiger partial charge is 0.371 e. The fraction of sp³-hybridized carbons (Fsp3) is 0.294. The number of hydrazine groups is 1. The number of nitrogens with zero attached hydrogens (tertiary/aromatic N) is 1. The third kappa shape index (κ3) is 2.78. The van der Waals surface area contributed by atoms with Crippen molar-refractivity contribution in [2.24, 2.45) is 0 Å². The van der Waals surface area contributed by atoms with E-state index >= 15 is 0 Å². The average Bonchev–Trinajstić information content (AvgIpc) is 2.90. The Balaban J connectivity index is 1.59. The van der Waals surface area contributed by atoms with Crippen LogP contribution in [0.1, 0.15) is 18.1 Å². The summed E-state index contributed by atoms with van der Waals surface area (Å²) in [6, 6.07) is 17.0. The molecule has 1 aliphatic heterocycles. The van der Waals surface area contributed by atoms with E-state index in [1.54, 1.807) is 0 Å². The van der Waals surface area contributed by atoms with E-state index in [-0.39, 0.29) is 0 Å². The predicted molar refractivity (Wildman–Crippen MR) is 84.9 cm³/mol. The Bertz CT molecular complexity index is 566. The molecule has 3 heteroatoms. The summed E-state index contributed by atoms with van der Waals surface area (Å²) in [5.74, 6) is 0. The molecule has 2 N–H and O–H groups in total. The average molecular weight is 267 g/mol. The third-order valence-electron chi connectivity index (χ3n) is 3.82. The lowest BCUT2D eigenvalue weighted by molar-refractivity contribution is 0.800. The molecular weight excluding hydrogens is 246 g/mol. The zero-order valence-electron chi connectivity index (χ0n) is 11.9. The Labute approximate surface area is 120 Å². The first kappa shape index (κ1) is 13.0. The van der Waals surface area contributed by atoms with E-state index in [0.717, 1.165) is 25.3 Å². The SMILES string of the molecule is CCN1CCc2cc(CNNc3ccccc3)ccc21. The van der Waals surface area contributed by atoms with Gasteiger partial charge < -0.3 is 10.3 Å². The second-order valence-electron chi connectivity index (χ2n) is 5.14. The normalized spacial score (nSPS) is 13.3. The summed E-state index contributed by atoms with van der Waals surface area (Å²) in [6.45, 7) is 5.30. The molecule has 2 aromatic carbocycles. The number of hydrogen-bond acceptors (Lipinski definition) is 3. The van der Waals surface area contributed by atoms with Crippen LogP contribution in [-0.4, -0.2) is 13.1 Å². The first-order valence-corrected chi connectivity index (χ1v) is 7.27. The fourth-order valence-corrected chi connectivity index (χ4v) is 2.73. The molecule has 104 valence electrons. The van der Waals surface area contributed by atoms with E-state index in [9.17, 15) is 0 Å². The molecule has 3 nitrogen and oxygen atoms in total. The molecule has 0 unspecified atom stereocenters. The standard InChI is InChI=1S/C17H21N3/c1-2-20-11-10-15-12-14(8-9-17(15)20)13-18-19-16-6-4-3-5-7-16/h3-9,12,18-19H,2,10-11,13H2,1H3. The van der Waals surface area contributed by atoms with Gasteiger partial charge >= 0.3 is 0 Å². The van der Waals surface area contributed by atoms with Crippen LogP contribution in [0.4, 0.5) is 11.4 Å². The molecule has 0 spiro atoms. The molecule has 3 rings (SSSR count). The van der Waals surface area contributed by atoms with Gasteiger partial charge in [-0.15, -0.1) is 0 Å². The highest BCUT2D eigenvalue weighted by Crippen LogP contribution is 2.28. The van der Waals surface area contributed by atoms with Gasteiger partial charge in [0.2, 0.25) is 0 Å². The van der Waals surface area contributed by atoms with Crippen LogP contribution < -0.4 is 15.8 Å². The van der Waals surface area contributed by atoms with Crippen LogP contribution >= 0.6 is 0 Å². The van der Waals surface area contributed by atoms with Crippen molar-refractivity contribution in [3.63, 3.8) is 0 Å². The quantitative estimate of drug-likeness (QED) is 0.815. The number of anilines is 2. The predicted octanol–water partition coefficient (Wildman–Crippen LogP) is 3.19. The van der Waals surface area contributed by atoms with Gasteiger partial charge in [-0.05, 0) is 42.7 Å². The topological polar surface area (TPSA) is 27.3 Å². The van der Waals surface area contributed by atoms with Crippen molar-refractivity contribution >= 4 is 11.4 Å². The number of rotatable bonds is 5. The Hall–Kier alpha value is -2.00. The molecule has 20 heavy (non-hydrogen) atoms. The molecule has 1 heterocycles. The zero-order chi connectivity index (χ0) is 13.8. The van der Waals surface area contributed by atoms with Crippen molar-refractivity contribution < 1.29 is 0 Å². The maximum Gasteiger partial charge on any atom is 0.0487 e. The number of hydrogen-bond donors (Lipinski definition) is 2. The maximum absolute atomic E-state index is 3.27. The smallest absolute Gasteiger partial charge is 0.0487 e. The lowest BCUT2D eigenvalue weighted by Gasteiger charge is -2.16. The summed E-state index contributed by atoms with van der Waals surface area (Å²) in [6.07, 6.45) is 1.17. The molecule has 0 aromatic heterocycles. The van der Waals surface area contributed by atoms with E-state index in [1.165, 1.54) is 23.2 Å². The van der Waals surface area contributed by atoms with Gasteiger partial charge in [-0.1, -0.05) is 30.3 Å². The highest BCUT2D eigenvalue weighted by Gasteiger charge is 2.17. The minimum absolute atomic E-state index is 0.828. The van der Waals surface area contributed by atoms with E-state index in [4.69, 9.17) is 0 Å². The molecule has 0 fully saturated rings. The van der Waals surface area contributed by atoms with Crippen LogP contribution in [0.25, 0.3) is 0 Å². The van der Waals surface area contributed by atoms with Gasteiger partial charge in [0.05, 0.1) is 0 Å². The van der Waals surface area contributed by atoms with Crippen molar-refractivity contribution in [2.45, 2.75) is 19.9 Å². The van der Waals surface area contributed by atoms with Crippen molar-refractivity contribution in [1.82, 2.24) is 5.43 Å². The molecule has 0 amide bonds. The molecule has 0 radical (unpaired) electrons. The van der Waals surface area contributed by atoms with Gasteiger partial charge in [0, 0.05) is 31.0 Å². The van der Waals surface area contributed by atoms with E-state index in [2.05, 4.69) is 53.0 Å². The molecule has 0 bridgehead atoms. The Morgan fingerprint density at radius 1 is 1.10 bits per heavy atom. The molecule has 0 atom stereocenters. The number of likely N-dealkylation sites (N-methyl/N-ethyl adjacent to an activating group) is 1. The Morgan fingerprint density at radius 3 is 2.75 bits per heavy atom. The van der Waals surface area contributed by atoms with Crippen LogP contribution in [0.15, 0.2) is 48.5 Å². The lowest BCUT2D eigenvalue weighted by atomic mass is 10.1. The highest BCUT2D eigenvalue weighted by molar-refractivity contribution is 5.59.